The lowest BCUT2D eigenvalue weighted by Crippen LogP contribution is -2.13. The molecule has 4 heteroatoms. The molecule has 0 bridgehead atoms. The van der Waals surface area contributed by atoms with Gasteiger partial charge < -0.3 is 11.1 Å². The normalized spacial score (nSPS) is 23.9. The highest BCUT2D eigenvalue weighted by molar-refractivity contribution is 5.44. The minimum absolute atomic E-state index is 0.555. The van der Waals surface area contributed by atoms with Crippen molar-refractivity contribution >= 4 is 11.6 Å². The number of rotatable bonds is 4. The monoisotopic (exact) mass is 234 g/mol. The van der Waals surface area contributed by atoms with Crippen LogP contribution in [0.5, 0.6) is 0 Å². The van der Waals surface area contributed by atoms with Crippen molar-refractivity contribution in [1.29, 1.82) is 0 Å². The number of nitrogens with one attached hydrogen (secondary N) is 1. The predicted molar refractivity (Wildman–Crippen MR) is 70.8 cm³/mol. The van der Waals surface area contributed by atoms with Crippen LogP contribution >= 0.6 is 0 Å². The van der Waals surface area contributed by atoms with Crippen LogP contribution in [0.15, 0.2) is 6.07 Å². The summed E-state index contributed by atoms with van der Waals surface area (Å²) in [5.74, 6) is 3.90. The van der Waals surface area contributed by atoms with Gasteiger partial charge in [-0.1, -0.05) is 20.3 Å². The first-order valence-corrected chi connectivity index (χ1v) is 6.54. The van der Waals surface area contributed by atoms with Crippen molar-refractivity contribution in [1.82, 2.24) is 9.97 Å². The summed E-state index contributed by atoms with van der Waals surface area (Å²) in [5.41, 5.74) is 5.75. The summed E-state index contributed by atoms with van der Waals surface area (Å²) in [4.78, 5) is 8.60. The maximum atomic E-state index is 5.75. The van der Waals surface area contributed by atoms with Gasteiger partial charge in [0.05, 0.1) is 0 Å². The van der Waals surface area contributed by atoms with Gasteiger partial charge in [-0.2, -0.15) is 0 Å². The van der Waals surface area contributed by atoms with E-state index in [1.807, 2.05) is 13.0 Å². The number of aryl methyl sites for hydroxylation is 1. The number of nitrogen functional groups attached to an aromatic ring is 1. The van der Waals surface area contributed by atoms with Gasteiger partial charge in [-0.15, -0.1) is 0 Å². The van der Waals surface area contributed by atoms with E-state index >= 15 is 0 Å². The van der Waals surface area contributed by atoms with Gasteiger partial charge in [-0.05, 0) is 24.7 Å². The van der Waals surface area contributed by atoms with Crippen molar-refractivity contribution in [2.75, 3.05) is 17.6 Å². The van der Waals surface area contributed by atoms with Crippen molar-refractivity contribution in [3.63, 3.8) is 0 Å². The molecule has 3 N–H and O–H groups in total. The van der Waals surface area contributed by atoms with E-state index in [1.165, 1.54) is 19.3 Å². The molecule has 2 unspecified atom stereocenters. The second-order valence-corrected chi connectivity index (χ2v) is 5.11. The number of hydrogen-bond acceptors (Lipinski definition) is 4. The Hall–Kier alpha value is -1.32. The van der Waals surface area contributed by atoms with Crippen LogP contribution in [0.1, 0.15) is 38.9 Å². The molecule has 1 heterocycles. The molecule has 0 spiro atoms. The summed E-state index contributed by atoms with van der Waals surface area (Å²) >= 11 is 0. The Kier molecular flexibility index (Phi) is 3.82. The number of anilines is 2. The van der Waals surface area contributed by atoms with E-state index in [4.69, 9.17) is 5.73 Å². The zero-order valence-corrected chi connectivity index (χ0v) is 10.7. The van der Waals surface area contributed by atoms with Crippen LogP contribution in [-0.2, 0) is 6.42 Å². The van der Waals surface area contributed by atoms with E-state index in [9.17, 15) is 0 Å². The molecule has 1 saturated carbocycles. The molecule has 0 radical (unpaired) electrons. The summed E-state index contributed by atoms with van der Waals surface area (Å²) in [5, 5.41) is 3.39. The lowest BCUT2D eigenvalue weighted by Gasteiger charge is -2.12. The second kappa shape index (κ2) is 5.34. The largest absolute Gasteiger partial charge is 0.384 e. The number of hydrogen-bond donors (Lipinski definition) is 2. The highest BCUT2D eigenvalue weighted by Gasteiger charge is 2.20. The summed E-state index contributed by atoms with van der Waals surface area (Å²) in [6.07, 6.45) is 4.84. The van der Waals surface area contributed by atoms with Crippen LogP contribution in [0.3, 0.4) is 0 Å². The third kappa shape index (κ3) is 3.32. The SMILES string of the molecule is CCc1nc(N)cc(NCC2CCC(C)C2)n1. The highest BCUT2D eigenvalue weighted by atomic mass is 15.0. The first-order chi connectivity index (χ1) is 8.17. The van der Waals surface area contributed by atoms with E-state index in [0.717, 1.165) is 36.4 Å². The van der Waals surface area contributed by atoms with Crippen molar-refractivity contribution in [3.8, 4) is 0 Å². The Morgan fingerprint density at radius 3 is 2.88 bits per heavy atom. The lowest BCUT2D eigenvalue weighted by atomic mass is 10.1. The average Bonchev–Trinajstić information content (AvgIpc) is 2.72. The van der Waals surface area contributed by atoms with E-state index in [1.54, 1.807) is 0 Å². The van der Waals surface area contributed by atoms with Crippen LogP contribution in [0.25, 0.3) is 0 Å². The Morgan fingerprint density at radius 1 is 1.41 bits per heavy atom. The predicted octanol–water partition coefficient (Wildman–Crippen LogP) is 2.47. The van der Waals surface area contributed by atoms with Crippen molar-refractivity contribution in [2.24, 2.45) is 11.8 Å². The van der Waals surface area contributed by atoms with Crippen molar-refractivity contribution in [2.45, 2.75) is 39.5 Å². The molecule has 4 nitrogen and oxygen atoms in total. The molecule has 94 valence electrons. The molecule has 0 amide bonds. The molecule has 0 saturated heterocycles. The standard InChI is InChI=1S/C13H22N4/c1-3-12-16-11(14)7-13(17-12)15-8-10-5-4-9(2)6-10/h7,9-10H,3-6,8H2,1-2H3,(H3,14,15,16,17). The summed E-state index contributed by atoms with van der Waals surface area (Å²) in [6, 6.07) is 1.82. The fourth-order valence-electron chi connectivity index (χ4n) is 2.53. The zero-order chi connectivity index (χ0) is 12.3. The molecule has 1 aliphatic carbocycles. The summed E-state index contributed by atoms with van der Waals surface area (Å²) in [7, 11) is 0. The van der Waals surface area contributed by atoms with E-state index < -0.39 is 0 Å². The molecular weight excluding hydrogens is 212 g/mol. The number of nitrogens with zero attached hydrogens (tertiary/aromatic N) is 2. The van der Waals surface area contributed by atoms with Crippen molar-refractivity contribution in [3.05, 3.63) is 11.9 Å². The van der Waals surface area contributed by atoms with Crippen molar-refractivity contribution < 1.29 is 0 Å². The van der Waals surface area contributed by atoms with Gasteiger partial charge in [-0.25, -0.2) is 9.97 Å². The maximum absolute atomic E-state index is 5.75. The molecule has 17 heavy (non-hydrogen) atoms. The minimum atomic E-state index is 0.555. The number of nitrogens with two attached hydrogens (primary N) is 1. The van der Waals surface area contributed by atoms with Crippen LogP contribution in [0.4, 0.5) is 11.6 Å². The lowest BCUT2D eigenvalue weighted by molar-refractivity contribution is 0.536. The zero-order valence-electron chi connectivity index (χ0n) is 10.7. The van der Waals surface area contributed by atoms with E-state index in [2.05, 4.69) is 22.2 Å². The summed E-state index contributed by atoms with van der Waals surface area (Å²) in [6.45, 7) is 5.37. The van der Waals surface area contributed by atoms with E-state index in [-0.39, 0.29) is 0 Å². The van der Waals surface area contributed by atoms with Crippen LogP contribution in [-0.4, -0.2) is 16.5 Å². The molecule has 0 aliphatic heterocycles. The topological polar surface area (TPSA) is 63.8 Å². The van der Waals surface area contributed by atoms with E-state index in [0.29, 0.717) is 5.82 Å². The van der Waals surface area contributed by atoms with Gasteiger partial charge in [0.2, 0.25) is 0 Å². The molecule has 2 rings (SSSR count). The minimum Gasteiger partial charge on any atom is -0.384 e. The number of aromatic nitrogens is 2. The Balaban J connectivity index is 1.92. The molecule has 1 aliphatic rings. The quantitative estimate of drug-likeness (QED) is 0.840. The smallest absolute Gasteiger partial charge is 0.132 e. The fraction of sp³-hybridized carbons (Fsp3) is 0.692. The van der Waals surface area contributed by atoms with Gasteiger partial charge in [0.15, 0.2) is 0 Å². The maximum Gasteiger partial charge on any atom is 0.132 e. The first-order valence-electron chi connectivity index (χ1n) is 6.54. The van der Waals surface area contributed by atoms with Gasteiger partial charge in [0.25, 0.3) is 0 Å². The average molecular weight is 234 g/mol. The third-order valence-electron chi connectivity index (χ3n) is 3.48. The Morgan fingerprint density at radius 2 is 2.24 bits per heavy atom. The van der Waals surface area contributed by atoms with Crippen LogP contribution in [0.2, 0.25) is 0 Å². The van der Waals surface area contributed by atoms with Gasteiger partial charge in [0.1, 0.15) is 17.5 Å². The fourth-order valence-corrected chi connectivity index (χ4v) is 2.53. The molecule has 1 fully saturated rings. The van der Waals surface area contributed by atoms with Gasteiger partial charge in [0, 0.05) is 19.0 Å². The van der Waals surface area contributed by atoms with Crippen LogP contribution in [0, 0.1) is 11.8 Å². The van der Waals surface area contributed by atoms with Gasteiger partial charge >= 0.3 is 0 Å². The third-order valence-corrected chi connectivity index (χ3v) is 3.48. The molecule has 1 aromatic rings. The Labute approximate surface area is 103 Å². The molecule has 2 atom stereocenters. The first kappa shape index (κ1) is 12.1. The summed E-state index contributed by atoms with van der Waals surface area (Å²) < 4.78 is 0. The van der Waals surface area contributed by atoms with Crippen LogP contribution < -0.4 is 11.1 Å². The molecule has 0 aromatic carbocycles. The highest BCUT2D eigenvalue weighted by Crippen LogP contribution is 2.30. The van der Waals surface area contributed by atoms with Gasteiger partial charge in [-0.3, -0.25) is 0 Å². The molecular formula is C13H22N4. The second-order valence-electron chi connectivity index (χ2n) is 5.11. The molecule has 1 aromatic heterocycles. The Bertz CT molecular complexity index is 378.